The van der Waals surface area contributed by atoms with E-state index in [9.17, 15) is 4.79 Å². The maximum absolute atomic E-state index is 12.4. The van der Waals surface area contributed by atoms with Crippen LogP contribution in [0.4, 0.5) is 0 Å². The van der Waals surface area contributed by atoms with Gasteiger partial charge >= 0.3 is 5.97 Å². The monoisotopic (exact) mass is 540 g/mol. The summed E-state index contributed by atoms with van der Waals surface area (Å²) in [5, 5.41) is 1.25. The molecule has 0 amide bonds. The number of halogens is 6. The highest BCUT2D eigenvalue weighted by atomic mass is 127. The maximum Gasteiger partial charge on any atom is 0.309 e. The molecule has 0 bridgehead atoms. The van der Waals surface area contributed by atoms with Crippen molar-refractivity contribution in [2.75, 3.05) is 0 Å². The second kappa shape index (κ2) is 8.10. The van der Waals surface area contributed by atoms with E-state index in [0.717, 1.165) is 0 Å². The van der Waals surface area contributed by atoms with Crippen LogP contribution >= 0.6 is 80.6 Å². The molecule has 1 saturated carbocycles. The first kappa shape index (κ1) is 20.9. The first-order valence-electron chi connectivity index (χ1n) is 7.07. The van der Waals surface area contributed by atoms with E-state index >= 15 is 0 Å². The number of allylic oxidation sites excluding steroid dienone is 1. The van der Waals surface area contributed by atoms with E-state index in [4.69, 9.17) is 62.7 Å². The quantitative estimate of drug-likeness (QED) is 0.173. The third-order valence-corrected chi connectivity index (χ3v) is 7.59. The number of hydrogen-bond acceptors (Lipinski definition) is 2. The second-order valence-electron chi connectivity index (χ2n) is 6.23. The van der Waals surface area contributed by atoms with Crippen molar-refractivity contribution in [2.45, 2.75) is 26.9 Å². The number of esters is 1. The standard InChI is InChI=1S/C16H14Cl5IO2/c1-16(2)7(4-12(19)20)3-9(16)15(23)24-6-8-10(17)5-11(18)14(22)13(8)21/h4-5,7,9H,3,6H2,1-2H3. The Kier molecular flexibility index (Phi) is 7.06. The average molecular weight is 542 g/mol. The lowest BCUT2D eigenvalue weighted by Crippen LogP contribution is -2.48. The van der Waals surface area contributed by atoms with Crippen LogP contribution in [0.1, 0.15) is 25.8 Å². The van der Waals surface area contributed by atoms with Gasteiger partial charge in [0.25, 0.3) is 0 Å². The first-order valence-corrected chi connectivity index (χ1v) is 10.0. The number of rotatable bonds is 4. The summed E-state index contributed by atoms with van der Waals surface area (Å²) in [4.78, 5) is 12.4. The Hall–Kier alpha value is 0.610. The molecule has 2 unspecified atom stereocenters. The van der Waals surface area contributed by atoms with Gasteiger partial charge in [-0.15, -0.1) is 0 Å². The fourth-order valence-electron chi connectivity index (χ4n) is 2.77. The Morgan fingerprint density at radius 3 is 2.50 bits per heavy atom. The average Bonchev–Trinajstić information content (AvgIpc) is 2.48. The second-order valence-corrected chi connectivity index (χ2v) is 9.51. The minimum absolute atomic E-state index is 0.00696. The molecule has 24 heavy (non-hydrogen) atoms. The van der Waals surface area contributed by atoms with Crippen LogP contribution < -0.4 is 0 Å². The summed E-state index contributed by atoms with van der Waals surface area (Å²) in [6.45, 7) is 3.99. The largest absolute Gasteiger partial charge is 0.460 e. The van der Waals surface area contributed by atoms with E-state index in [2.05, 4.69) is 0 Å². The summed E-state index contributed by atoms with van der Waals surface area (Å²) >= 11 is 31.9. The molecule has 1 aliphatic rings. The number of benzene rings is 1. The van der Waals surface area contributed by atoms with E-state index < -0.39 is 0 Å². The Bertz CT molecular complexity index is 698. The normalized spacial score (nSPS) is 21.8. The van der Waals surface area contributed by atoms with Crippen LogP contribution in [0.2, 0.25) is 15.1 Å². The van der Waals surface area contributed by atoms with Crippen LogP contribution in [-0.2, 0) is 16.1 Å². The van der Waals surface area contributed by atoms with Crippen molar-refractivity contribution in [3.05, 3.63) is 40.8 Å². The van der Waals surface area contributed by atoms with Crippen LogP contribution in [0.25, 0.3) is 0 Å². The van der Waals surface area contributed by atoms with Crippen molar-refractivity contribution in [1.82, 2.24) is 0 Å². The molecule has 1 aromatic carbocycles. The van der Waals surface area contributed by atoms with Gasteiger partial charge in [-0.05, 0) is 46.4 Å². The maximum atomic E-state index is 12.4. The van der Waals surface area contributed by atoms with Crippen LogP contribution in [0, 0.1) is 20.8 Å². The Balaban J connectivity index is 2.06. The van der Waals surface area contributed by atoms with Crippen molar-refractivity contribution in [1.29, 1.82) is 0 Å². The zero-order valence-electron chi connectivity index (χ0n) is 12.8. The van der Waals surface area contributed by atoms with E-state index in [-0.39, 0.29) is 34.3 Å². The molecule has 0 spiro atoms. The molecule has 0 radical (unpaired) electrons. The highest BCUT2D eigenvalue weighted by Gasteiger charge is 2.51. The highest BCUT2D eigenvalue weighted by molar-refractivity contribution is 14.1. The summed E-state index contributed by atoms with van der Waals surface area (Å²) in [5.41, 5.74) is 0.284. The zero-order valence-corrected chi connectivity index (χ0v) is 18.7. The van der Waals surface area contributed by atoms with Crippen molar-refractivity contribution in [3.63, 3.8) is 0 Å². The fourth-order valence-corrected chi connectivity index (χ4v) is 4.43. The number of ether oxygens (including phenoxy) is 1. The van der Waals surface area contributed by atoms with Crippen LogP contribution in [0.15, 0.2) is 16.6 Å². The predicted octanol–water partition coefficient (Wildman–Crippen LogP) is 7.28. The summed E-state index contributed by atoms with van der Waals surface area (Å²) in [6, 6.07) is 1.59. The molecular weight excluding hydrogens is 528 g/mol. The lowest BCUT2D eigenvalue weighted by molar-refractivity contribution is -0.164. The third-order valence-electron chi connectivity index (χ3n) is 4.52. The van der Waals surface area contributed by atoms with Gasteiger partial charge in [0.05, 0.1) is 24.6 Å². The molecule has 2 rings (SSSR count). The van der Waals surface area contributed by atoms with E-state index in [1.165, 1.54) is 0 Å². The predicted molar refractivity (Wildman–Crippen MR) is 109 cm³/mol. The third kappa shape index (κ3) is 4.29. The van der Waals surface area contributed by atoms with Crippen molar-refractivity contribution in [3.8, 4) is 0 Å². The van der Waals surface area contributed by atoms with Gasteiger partial charge in [0, 0.05) is 5.56 Å². The Morgan fingerprint density at radius 2 is 1.96 bits per heavy atom. The molecule has 8 heteroatoms. The summed E-state index contributed by atoms with van der Waals surface area (Å²) in [7, 11) is 0. The number of carbonyl (C=O) groups is 1. The lowest BCUT2D eigenvalue weighted by atomic mass is 9.55. The zero-order chi connectivity index (χ0) is 18.2. The molecule has 1 aromatic rings. The summed E-state index contributed by atoms with van der Waals surface area (Å²) < 4.78 is 6.33. The highest BCUT2D eigenvalue weighted by Crippen LogP contribution is 2.53. The minimum Gasteiger partial charge on any atom is -0.460 e. The Morgan fingerprint density at radius 1 is 1.33 bits per heavy atom. The van der Waals surface area contributed by atoms with Gasteiger partial charge in [0.15, 0.2) is 0 Å². The van der Waals surface area contributed by atoms with Crippen LogP contribution in [0.5, 0.6) is 0 Å². The van der Waals surface area contributed by atoms with Gasteiger partial charge < -0.3 is 4.74 Å². The molecular formula is C16H14Cl5IO2. The smallest absolute Gasteiger partial charge is 0.309 e. The first-order chi connectivity index (χ1) is 11.1. The van der Waals surface area contributed by atoms with Crippen LogP contribution in [-0.4, -0.2) is 5.97 Å². The van der Waals surface area contributed by atoms with Crippen molar-refractivity contribution in [2.24, 2.45) is 17.3 Å². The van der Waals surface area contributed by atoms with Gasteiger partial charge in [-0.25, -0.2) is 0 Å². The van der Waals surface area contributed by atoms with Gasteiger partial charge in [-0.1, -0.05) is 77.9 Å². The van der Waals surface area contributed by atoms with Gasteiger partial charge in [0.1, 0.15) is 11.1 Å². The molecule has 0 aliphatic heterocycles. The molecule has 132 valence electrons. The van der Waals surface area contributed by atoms with E-state index in [1.807, 2.05) is 36.4 Å². The van der Waals surface area contributed by atoms with Crippen molar-refractivity contribution < 1.29 is 9.53 Å². The molecule has 2 atom stereocenters. The molecule has 0 N–H and O–H groups in total. The molecule has 2 nitrogen and oxygen atoms in total. The number of carbonyl (C=O) groups excluding carboxylic acids is 1. The SMILES string of the molecule is CC1(C)C(C=C(Cl)Cl)CC1C(=O)OCc1c(Cl)cc(Cl)c(I)c1Cl. The molecule has 0 aromatic heterocycles. The Labute approximate surface area is 179 Å². The molecule has 0 heterocycles. The molecule has 1 aliphatic carbocycles. The lowest BCUT2D eigenvalue weighted by Gasteiger charge is -2.49. The van der Waals surface area contributed by atoms with Crippen molar-refractivity contribution >= 4 is 86.6 Å². The van der Waals surface area contributed by atoms with Gasteiger partial charge in [0.2, 0.25) is 0 Å². The summed E-state index contributed by atoms with van der Waals surface area (Å²) in [6.07, 6.45) is 2.41. The van der Waals surface area contributed by atoms with Crippen LogP contribution in [0.3, 0.4) is 0 Å². The summed E-state index contributed by atoms with van der Waals surface area (Å²) in [5.74, 6) is -0.369. The molecule has 1 fully saturated rings. The fraction of sp³-hybridized carbons (Fsp3) is 0.438. The molecule has 0 saturated heterocycles. The van der Waals surface area contributed by atoms with Gasteiger partial charge in [-0.2, -0.15) is 0 Å². The number of hydrogen-bond donors (Lipinski definition) is 0. The minimum atomic E-state index is -0.285. The van der Waals surface area contributed by atoms with E-state index in [1.54, 1.807) is 12.1 Å². The van der Waals surface area contributed by atoms with E-state index in [0.29, 0.717) is 30.6 Å². The van der Waals surface area contributed by atoms with Gasteiger partial charge in [-0.3, -0.25) is 4.79 Å². The topological polar surface area (TPSA) is 26.3 Å².